The van der Waals surface area contributed by atoms with E-state index in [4.69, 9.17) is 5.73 Å². The fourth-order valence-electron chi connectivity index (χ4n) is 2.62. The molecule has 9 heteroatoms. The second kappa shape index (κ2) is 7.25. The van der Waals surface area contributed by atoms with E-state index in [0.717, 1.165) is 29.8 Å². The standard InChI is InChI=1S/C15H16N4O3S.ClH/c1-8-4-9(6-11(5-8)19(21)22)14(20)18-15-17-12-3-2-10(16)7-13(12)23-15;/h4-6,10H,2-3,7,16H2,1H3,(H,17,18,20);1H/t10-;/m0./s1. The van der Waals surface area contributed by atoms with Gasteiger partial charge in [-0.3, -0.25) is 20.2 Å². The summed E-state index contributed by atoms with van der Waals surface area (Å²) in [4.78, 5) is 28.3. The quantitative estimate of drug-likeness (QED) is 0.639. The Hall–Kier alpha value is -2.03. The van der Waals surface area contributed by atoms with Crippen LogP contribution in [0.3, 0.4) is 0 Å². The van der Waals surface area contributed by atoms with Crippen LogP contribution in [0.5, 0.6) is 0 Å². The van der Waals surface area contributed by atoms with Gasteiger partial charge >= 0.3 is 0 Å². The zero-order valence-electron chi connectivity index (χ0n) is 12.9. The summed E-state index contributed by atoms with van der Waals surface area (Å²) >= 11 is 1.42. The van der Waals surface area contributed by atoms with Gasteiger partial charge in [-0.15, -0.1) is 23.7 Å². The number of benzene rings is 1. The molecule has 1 aliphatic rings. The average Bonchev–Trinajstić information content (AvgIpc) is 2.87. The van der Waals surface area contributed by atoms with Gasteiger partial charge in [0.25, 0.3) is 11.6 Å². The molecule has 0 saturated heterocycles. The lowest BCUT2D eigenvalue weighted by Crippen LogP contribution is -2.27. The van der Waals surface area contributed by atoms with Crippen LogP contribution in [-0.2, 0) is 12.8 Å². The van der Waals surface area contributed by atoms with Crippen molar-refractivity contribution in [2.45, 2.75) is 32.2 Å². The molecule has 0 unspecified atom stereocenters. The average molecular weight is 369 g/mol. The number of rotatable bonds is 3. The Morgan fingerprint density at radius 3 is 2.92 bits per heavy atom. The summed E-state index contributed by atoms with van der Waals surface area (Å²) in [5.41, 5.74) is 7.74. The Morgan fingerprint density at radius 1 is 1.46 bits per heavy atom. The van der Waals surface area contributed by atoms with Gasteiger partial charge < -0.3 is 5.73 Å². The Kier molecular flexibility index (Phi) is 5.53. The SMILES string of the molecule is Cc1cc(C(=O)Nc2nc3c(s2)C[C@@H](N)CC3)cc([N+](=O)[O-])c1.Cl. The van der Waals surface area contributed by atoms with Crippen LogP contribution in [-0.4, -0.2) is 21.9 Å². The van der Waals surface area contributed by atoms with E-state index in [0.29, 0.717) is 10.7 Å². The largest absolute Gasteiger partial charge is 0.327 e. The molecule has 0 radical (unpaired) electrons. The van der Waals surface area contributed by atoms with Gasteiger partial charge in [0, 0.05) is 28.6 Å². The number of nitrogens with two attached hydrogens (primary N) is 1. The Morgan fingerprint density at radius 2 is 2.21 bits per heavy atom. The minimum absolute atomic E-state index is 0. The van der Waals surface area contributed by atoms with Crippen LogP contribution in [0.25, 0.3) is 0 Å². The van der Waals surface area contributed by atoms with Crippen molar-refractivity contribution in [1.29, 1.82) is 0 Å². The topological polar surface area (TPSA) is 111 Å². The first-order chi connectivity index (χ1) is 10.9. The number of anilines is 1. The molecular weight excluding hydrogens is 352 g/mol. The molecule has 24 heavy (non-hydrogen) atoms. The second-order valence-corrected chi connectivity index (χ2v) is 6.74. The summed E-state index contributed by atoms with van der Waals surface area (Å²) in [6.07, 6.45) is 2.49. The van der Waals surface area contributed by atoms with Crippen LogP contribution in [0.1, 0.15) is 32.9 Å². The summed E-state index contributed by atoms with van der Waals surface area (Å²) < 4.78 is 0. The van der Waals surface area contributed by atoms with Gasteiger partial charge in [0.2, 0.25) is 0 Å². The molecule has 0 saturated carbocycles. The Labute approximate surface area is 148 Å². The first-order valence-corrected chi connectivity index (χ1v) is 8.05. The van der Waals surface area contributed by atoms with Gasteiger partial charge in [-0.1, -0.05) is 0 Å². The van der Waals surface area contributed by atoms with E-state index in [-0.39, 0.29) is 29.7 Å². The molecule has 3 N–H and O–H groups in total. The van der Waals surface area contributed by atoms with Crippen molar-refractivity contribution in [3.05, 3.63) is 50.0 Å². The number of halogens is 1. The number of aromatic nitrogens is 1. The van der Waals surface area contributed by atoms with Gasteiger partial charge in [0.05, 0.1) is 10.6 Å². The minimum atomic E-state index is -0.507. The third-order valence-electron chi connectivity index (χ3n) is 3.73. The number of hydrogen-bond donors (Lipinski definition) is 2. The van der Waals surface area contributed by atoms with E-state index in [2.05, 4.69) is 10.3 Å². The number of thiazole rings is 1. The van der Waals surface area contributed by atoms with E-state index < -0.39 is 10.8 Å². The molecule has 0 bridgehead atoms. The molecule has 3 rings (SSSR count). The van der Waals surface area contributed by atoms with Crippen LogP contribution in [0.2, 0.25) is 0 Å². The number of fused-ring (bicyclic) bond motifs is 1. The van der Waals surface area contributed by atoms with Gasteiger partial charge in [-0.2, -0.15) is 0 Å². The number of hydrogen-bond acceptors (Lipinski definition) is 6. The number of carbonyl (C=O) groups is 1. The van der Waals surface area contributed by atoms with Gasteiger partial charge in [-0.05, 0) is 37.8 Å². The molecule has 2 aromatic rings. The summed E-state index contributed by atoms with van der Waals surface area (Å²) in [6.45, 7) is 1.72. The fourth-order valence-corrected chi connectivity index (χ4v) is 3.72. The zero-order valence-corrected chi connectivity index (χ0v) is 14.6. The fraction of sp³-hybridized carbons (Fsp3) is 0.333. The number of carbonyl (C=O) groups excluding carboxylic acids is 1. The molecule has 1 heterocycles. The number of nitrogens with one attached hydrogen (secondary N) is 1. The van der Waals surface area contributed by atoms with E-state index >= 15 is 0 Å². The molecule has 0 aliphatic heterocycles. The molecular formula is C15H17ClN4O3S. The highest BCUT2D eigenvalue weighted by Crippen LogP contribution is 2.29. The van der Waals surface area contributed by atoms with Gasteiger partial charge in [0.15, 0.2) is 5.13 Å². The van der Waals surface area contributed by atoms with Crippen LogP contribution >= 0.6 is 23.7 Å². The predicted molar refractivity (Wildman–Crippen MR) is 95.1 cm³/mol. The van der Waals surface area contributed by atoms with E-state index in [1.807, 2.05) is 0 Å². The monoisotopic (exact) mass is 368 g/mol. The van der Waals surface area contributed by atoms with Crippen molar-refractivity contribution < 1.29 is 9.72 Å². The highest BCUT2D eigenvalue weighted by molar-refractivity contribution is 7.15. The van der Waals surface area contributed by atoms with Crippen molar-refractivity contribution in [3.8, 4) is 0 Å². The van der Waals surface area contributed by atoms with Gasteiger partial charge in [0.1, 0.15) is 0 Å². The number of nitrogens with zero attached hydrogens (tertiary/aromatic N) is 2. The van der Waals surface area contributed by atoms with Crippen molar-refractivity contribution in [2.75, 3.05) is 5.32 Å². The van der Waals surface area contributed by atoms with Crippen molar-refractivity contribution >= 4 is 40.5 Å². The number of amides is 1. The van der Waals surface area contributed by atoms with Crippen molar-refractivity contribution in [1.82, 2.24) is 4.98 Å². The third-order valence-corrected chi connectivity index (χ3v) is 4.77. The Balaban J connectivity index is 0.00000208. The van der Waals surface area contributed by atoms with Crippen LogP contribution in [0.15, 0.2) is 18.2 Å². The number of nitro groups is 1. The van der Waals surface area contributed by atoms with Crippen LogP contribution < -0.4 is 11.1 Å². The molecule has 1 aromatic carbocycles. The highest BCUT2D eigenvalue weighted by Gasteiger charge is 2.21. The van der Waals surface area contributed by atoms with Crippen molar-refractivity contribution in [3.63, 3.8) is 0 Å². The lowest BCUT2D eigenvalue weighted by Gasteiger charge is -2.15. The molecule has 1 aliphatic carbocycles. The molecule has 0 fully saturated rings. The Bertz CT molecular complexity index is 793. The summed E-state index contributed by atoms with van der Waals surface area (Å²) in [6, 6.07) is 4.46. The van der Waals surface area contributed by atoms with E-state index in [9.17, 15) is 14.9 Å². The first kappa shape index (κ1) is 18.3. The summed E-state index contributed by atoms with van der Waals surface area (Å²) in [7, 11) is 0. The molecule has 1 aromatic heterocycles. The number of aryl methyl sites for hydroxylation is 2. The number of non-ortho nitro benzene ring substituents is 1. The summed E-state index contributed by atoms with van der Waals surface area (Å²) in [5, 5.41) is 14.1. The third kappa shape index (κ3) is 3.89. The minimum Gasteiger partial charge on any atom is -0.327 e. The first-order valence-electron chi connectivity index (χ1n) is 7.24. The highest BCUT2D eigenvalue weighted by atomic mass is 35.5. The maximum atomic E-state index is 12.3. The zero-order chi connectivity index (χ0) is 16.6. The normalized spacial score (nSPS) is 16.0. The number of nitro benzene ring substituents is 1. The van der Waals surface area contributed by atoms with Crippen LogP contribution in [0.4, 0.5) is 10.8 Å². The molecule has 1 amide bonds. The van der Waals surface area contributed by atoms with Crippen molar-refractivity contribution in [2.24, 2.45) is 5.73 Å². The van der Waals surface area contributed by atoms with Gasteiger partial charge in [-0.25, -0.2) is 4.98 Å². The maximum absolute atomic E-state index is 12.3. The molecule has 1 atom stereocenters. The second-order valence-electron chi connectivity index (χ2n) is 5.66. The van der Waals surface area contributed by atoms with Crippen LogP contribution in [0, 0.1) is 17.0 Å². The van der Waals surface area contributed by atoms with E-state index in [1.54, 1.807) is 13.0 Å². The molecule has 7 nitrogen and oxygen atoms in total. The lowest BCUT2D eigenvalue weighted by atomic mass is 9.99. The smallest absolute Gasteiger partial charge is 0.270 e. The maximum Gasteiger partial charge on any atom is 0.270 e. The molecule has 0 spiro atoms. The summed E-state index contributed by atoms with van der Waals surface area (Å²) in [5.74, 6) is -0.396. The molecule has 128 valence electrons. The van der Waals surface area contributed by atoms with E-state index in [1.165, 1.54) is 23.5 Å². The lowest BCUT2D eigenvalue weighted by molar-refractivity contribution is -0.384. The predicted octanol–water partition coefficient (Wildman–Crippen LogP) is 2.85.